The lowest BCUT2D eigenvalue weighted by Gasteiger charge is -2.25. The van der Waals surface area contributed by atoms with Crippen molar-refractivity contribution in [1.82, 2.24) is 25.9 Å². The Morgan fingerprint density at radius 3 is 2.24 bits per heavy atom. The van der Waals surface area contributed by atoms with E-state index in [2.05, 4.69) is 38.5 Å². The van der Waals surface area contributed by atoms with E-state index in [0.29, 0.717) is 25.1 Å². The summed E-state index contributed by atoms with van der Waals surface area (Å²) in [5.74, 6) is -3.41. The molecule has 4 atom stereocenters. The summed E-state index contributed by atoms with van der Waals surface area (Å²) in [5, 5.41) is 16.9. The number of H-pyrrole nitrogens is 1. The molecule has 0 aromatic carbocycles. The molecule has 1 heterocycles. The van der Waals surface area contributed by atoms with Gasteiger partial charge in [0.05, 0.1) is 12.4 Å². The average molecular weight is 486 g/mol. The zero-order chi connectivity index (χ0) is 25.0. The average Bonchev–Trinajstić information content (AvgIpc) is 3.27. The Hall–Kier alpha value is -2.64. The Bertz CT molecular complexity index is 775. The van der Waals surface area contributed by atoms with E-state index in [-0.39, 0.29) is 24.5 Å². The molecule has 1 aromatic rings. The van der Waals surface area contributed by atoms with Gasteiger partial charge in [-0.3, -0.25) is 14.4 Å². The maximum atomic E-state index is 12.9. The van der Waals surface area contributed by atoms with Gasteiger partial charge in [-0.2, -0.15) is 12.6 Å². The molecule has 0 fully saturated rings. The summed E-state index contributed by atoms with van der Waals surface area (Å²) in [4.78, 5) is 56.1. The summed E-state index contributed by atoms with van der Waals surface area (Å²) < 4.78 is 0. The summed E-state index contributed by atoms with van der Waals surface area (Å²) in [6.07, 6.45) is 4.73. The lowest BCUT2D eigenvalue weighted by molar-refractivity contribution is -0.143. The number of carboxylic acid groups (broad SMARTS) is 1. The number of nitrogens with zero attached hydrogens (tertiary/aromatic N) is 1. The van der Waals surface area contributed by atoms with Gasteiger partial charge in [0.15, 0.2) is 0 Å². The Morgan fingerprint density at radius 1 is 1.09 bits per heavy atom. The van der Waals surface area contributed by atoms with Gasteiger partial charge < -0.3 is 37.5 Å². The molecule has 1 aromatic heterocycles. The molecule has 3 amide bonds. The van der Waals surface area contributed by atoms with Crippen LogP contribution in [0.1, 0.15) is 38.8 Å². The molecule has 0 saturated carbocycles. The van der Waals surface area contributed by atoms with Gasteiger partial charge in [-0.05, 0) is 31.7 Å². The summed E-state index contributed by atoms with van der Waals surface area (Å²) in [6.45, 7) is 3.74. The molecule has 33 heavy (non-hydrogen) atoms. The van der Waals surface area contributed by atoms with Crippen molar-refractivity contribution in [2.24, 2.45) is 17.4 Å². The van der Waals surface area contributed by atoms with Crippen molar-refractivity contribution in [3.05, 3.63) is 18.2 Å². The van der Waals surface area contributed by atoms with E-state index in [1.807, 2.05) is 0 Å². The maximum absolute atomic E-state index is 12.9. The molecule has 0 radical (unpaired) electrons. The van der Waals surface area contributed by atoms with Crippen molar-refractivity contribution in [3.8, 4) is 0 Å². The number of hydrogen-bond acceptors (Lipinski definition) is 8. The van der Waals surface area contributed by atoms with Gasteiger partial charge in [0.2, 0.25) is 17.7 Å². The molecule has 0 aliphatic rings. The molecule has 0 aliphatic carbocycles. The van der Waals surface area contributed by atoms with Gasteiger partial charge in [0.1, 0.15) is 18.1 Å². The SMILES string of the molecule is CC(C)C(NC(=O)C(CS)NC(=O)C(CCCCN)NC(=O)C(N)Cc1cnc[nH]1)C(=O)O. The van der Waals surface area contributed by atoms with Crippen molar-refractivity contribution in [2.45, 2.75) is 63.7 Å². The highest BCUT2D eigenvalue weighted by atomic mass is 32.1. The molecule has 0 saturated heterocycles. The number of amides is 3. The van der Waals surface area contributed by atoms with Gasteiger partial charge in [0, 0.05) is 24.1 Å². The molecule has 13 heteroatoms. The first-order chi connectivity index (χ1) is 15.6. The van der Waals surface area contributed by atoms with Crippen molar-refractivity contribution in [3.63, 3.8) is 0 Å². The van der Waals surface area contributed by atoms with Crippen LogP contribution in [-0.2, 0) is 25.6 Å². The molecule has 0 spiro atoms. The fourth-order valence-electron chi connectivity index (χ4n) is 3.00. The summed E-state index contributed by atoms with van der Waals surface area (Å²) in [7, 11) is 0. The minimum absolute atomic E-state index is 0.0647. The van der Waals surface area contributed by atoms with Crippen LogP contribution in [0.15, 0.2) is 12.5 Å². The first kappa shape index (κ1) is 28.4. The molecular formula is C20H35N7O5S. The molecule has 0 bridgehead atoms. The highest BCUT2D eigenvalue weighted by molar-refractivity contribution is 7.80. The number of imidazole rings is 1. The third-order valence-electron chi connectivity index (χ3n) is 4.96. The summed E-state index contributed by atoms with van der Waals surface area (Å²) in [6, 6.07) is -4.07. The van der Waals surface area contributed by atoms with Gasteiger partial charge in [-0.25, -0.2) is 9.78 Å². The number of thiol groups is 1. The van der Waals surface area contributed by atoms with Crippen LogP contribution in [0.2, 0.25) is 0 Å². The van der Waals surface area contributed by atoms with E-state index >= 15 is 0 Å². The van der Waals surface area contributed by atoms with Crippen LogP contribution in [0, 0.1) is 5.92 Å². The monoisotopic (exact) mass is 485 g/mol. The second-order valence-corrected chi connectivity index (χ2v) is 8.41. The number of carbonyl (C=O) groups excluding carboxylic acids is 3. The van der Waals surface area contributed by atoms with E-state index in [4.69, 9.17) is 11.5 Å². The van der Waals surface area contributed by atoms with Crippen LogP contribution in [0.5, 0.6) is 0 Å². The van der Waals surface area contributed by atoms with Gasteiger partial charge >= 0.3 is 5.97 Å². The lowest BCUT2D eigenvalue weighted by Crippen LogP contribution is -2.58. The van der Waals surface area contributed by atoms with Crippen molar-refractivity contribution >= 4 is 36.3 Å². The first-order valence-corrected chi connectivity index (χ1v) is 11.4. The Morgan fingerprint density at radius 2 is 1.73 bits per heavy atom. The number of carbonyl (C=O) groups is 4. The number of aliphatic carboxylic acids is 1. The number of aromatic nitrogens is 2. The van der Waals surface area contributed by atoms with Crippen LogP contribution in [0.25, 0.3) is 0 Å². The van der Waals surface area contributed by atoms with Crippen molar-refractivity contribution in [1.29, 1.82) is 0 Å². The Labute approximate surface area is 198 Å². The minimum Gasteiger partial charge on any atom is -0.480 e. The van der Waals surface area contributed by atoms with Crippen LogP contribution in [0.3, 0.4) is 0 Å². The largest absolute Gasteiger partial charge is 0.480 e. The van der Waals surface area contributed by atoms with Crippen molar-refractivity contribution in [2.75, 3.05) is 12.3 Å². The Kier molecular flexibility index (Phi) is 12.5. The molecule has 186 valence electrons. The molecular weight excluding hydrogens is 450 g/mol. The van der Waals surface area contributed by atoms with E-state index in [9.17, 15) is 24.3 Å². The van der Waals surface area contributed by atoms with Crippen LogP contribution < -0.4 is 27.4 Å². The molecule has 1 rings (SSSR count). The molecule has 9 N–H and O–H groups in total. The Balaban J connectivity index is 2.82. The second kappa shape index (κ2) is 14.5. The number of hydrogen-bond donors (Lipinski definition) is 8. The third-order valence-corrected chi connectivity index (χ3v) is 5.32. The fourth-order valence-corrected chi connectivity index (χ4v) is 3.26. The van der Waals surface area contributed by atoms with E-state index < -0.39 is 47.9 Å². The fraction of sp³-hybridized carbons (Fsp3) is 0.650. The first-order valence-electron chi connectivity index (χ1n) is 10.8. The van der Waals surface area contributed by atoms with Crippen LogP contribution in [-0.4, -0.2) is 75.2 Å². The highest BCUT2D eigenvalue weighted by Crippen LogP contribution is 2.06. The lowest BCUT2D eigenvalue weighted by atomic mass is 10.0. The zero-order valence-corrected chi connectivity index (χ0v) is 19.8. The second-order valence-electron chi connectivity index (χ2n) is 8.05. The number of rotatable bonds is 15. The maximum Gasteiger partial charge on any atom is 0.326 e. The number of nitrogens with one attached hydrogen (secondary N) is 4. The van der Waals surface area contributed by atoms with Crippen LogP contribution >= 0.6 is 12.6 Å². The summed E-state index contributed by atoms with van der Waals surface area (Å²) >= 11 is 4.11. The minimum atomic E-state index is -1.18. The smallest absolute Gasteiger partial charge is 0.326 e. The van der Waals surface area contributed by atoms with E-state index in [1.165, 1.54) is 6.33 Å². The van der Waals surface area contributed by atoms with Gasteiger partial charge in [-0.1, -0.05) is 13.8 Å². The molecule has 4 unspecified atom stereocenters. The predicted octanol–water partition coefficient (Wildman–Crippen LogP) is -1.47. The number of carboxylic acids is 1. The quantitative estimate of drug-likeness (QED) is 0.108. The normalized spacial score (nSPS) is 14.7. The van der Waals surface area contributed by atoms with Crippen molar-refractivity contribution < 1.29 is 24.3 Å². The molecule has 0 aliphatic heterocycles. The highest BCUT2D eigenvalue weighted by Gasteiger charge is 2.30. The van der Waals surface area contributed by atoms with Gasteiger partial charge in [0.25, 0.3) is 0 Å². The zero-order valence-electron chi connectivity index (χ0n) is 18.9. The van der Waals surface area contributed by atoms with E-state index in [1.54, 1.807) is 20.0 Å². The standard InChI is InChI=1S/C20H35N7O5S/c1-11(2)16(20(31)32)27-19(30)15(9-33)26-18(29)14(5-3-4-6-21)25-17(28)13(22)7-12-8-23-10-24-12/h8,10-11,13-16,33H,3-7,9,21-22H2,1-2H3,(H,23,24)(H,25,28)(H,26,29)(H,27,30)(H,31,32). The van der Waals surface area contributed by atoms with Gasteiger partial charge in [-0.15, -0.1) is 0 Å². The third kappa shape index (κ3) is 9.80. The number of aromatic amines is 1. The number of nitrogens with two attached hydrogens (primary N) is 2. The van der Waals surface area contributed by atoms with E-state index in [0.717, 1.165) is 0 Å². The summed E-state index contributed by atoms with van der Waals surface area (Å²) in [5.41, 5.74) is 12.2. The molecule has 12 nitrogen and oxygen atoms in total. The number of unbranched alkanes of at least 4 members (excludes halogenated alkanes) is 1. The van der Waals surface area contributed by atoms with Crippen LogP contribution in [0.4, 0.5) is 0 Å². The predicted molar refractivity (Wildman–Crippen MR) is 125 cm³/mol. The topological polar surface area (TPSA) is 205 Å².